The summed E-state index contributed by atoms with van der Waals surface area (Å²) in [5, 5.41) is 0. The van der Waals surface area contributed by atoms with Gasteiger partial charge in [-0.25, -0.2) is 4.57 Å². The van der Waals surface area contributed by atoms with E-state index in [4.69, 9.17) is 18.5 Å². The quantitative estimate of drug-likeness (QED) is 0.0211. The first kappa shape index (κ1) is 89.4. The van der Waals surface area contributed by atoms with Crippen LogP contribution in [0.3, 0.4) is 0 Å². The van der Waals surface area contributed by atoms with Crippen molar-refractivity contribution in [3.05, 3.63) is 170 Å². The molecular formula is C84H141NO8P+. The SMILES string of the molecule is CC/C=C\C/C=C\C/C=C\C/C=C\C/C=C\C/C=C\C/C=C\C/C=C\C/C=C\C/C=C\C/C=C\CCCCCCCC(=O)OC(COC(=O)CCCCCCCCCCCCCCCCCC/C=C\C/C=C\C/C=C\CCCCCCC)COP(=O)(O)OCC[N+](C)(C)C. The molecule has 1 N–H and O–H groups in total. The van der Waals surface area contributed by atoms with Crippen LogP contribution in [0.5, 0.6) is 0 Å². The molecule has 0 aromatic rings. The zero-order chi connectivity index (χ0) is 68.3. The Morgan fingerprint density at radius 2 is 0.606 bits per heavy atom. The number of ether oxygens (including phenoxy) is 2. The molecule has 0 radical (unpaired) electrons. The lowest BCUT2D eigenvalue weighted by atomic mass is 10.0. The molecule has 0 aliphatic heterocycles. The van der Waals surface area contributed by atoms with Gasteiger partial charge in [-0.1, -0.05) is 319 Å². The number of unbranched alkanes of at least 4 members (excludes halogenated alkanes) is 26. The zero-order valence-electron chi connectivity index (χ0n) is 60.9. The number of phosphoric ester groups is 1. The summed E-state index contributed by atoms with van der Waals surface area (Å²) in [4.78, 5) is 35.9. The van der Waals surface area contributed by atoms with Gasteiger partial charge >= 0.3 is 19.8 Å². The maximum Gasteiger partial charge on any atom is 0.472 e. The number of hydrogen-bond donors (Lipinski definition) is 1. The molecule has 0 saturated carbocycles. The van der Waals surface area contributed by atoms with Crippen molar-refractivity contribution in [2.75, 3.05) is 47.5 Å². The summed E-state index contributed by atoms with van der Waals surface area (Å²) in [5.74, 6) is -0.824. The molecule has 0 saturated heterocycles. The van der Waals surface area contributed by atoms with Crippen LogP contribution in [0.1, 0.15) is 296 Å². The molecule has 0 aromatic heterocycles. The van der Waals surface area contributed by atoms with E-state index in [9.17, 15) is 19.0 Å². The van der Waals surface area contributed by atoms with Gasteiger partial charge in [-0.15, -0.1) is 0 Å². The second-order valence-electron chi connectivity index (χ2n) is 25.9. The van der Waals surface area contributed by atoms with Crippen LogP contribution in [0.15, 0.2) is 170 Å². The highest BCUT2D eigenvalue weighted by Gasteiger charge is 2.27. The predicted octanol–water partition coefficient (Wildman–Crippen LogP) is 25.3. The number of carbonyl (C=O) groups is 2. The van der Waals surface area contributed by atoms with E-state index in [1.807, 2.05) is 21.1 Å². The normalized spacial score (nSPS) is 14.1. The second kappa shape index (κ2) is 72.6. The molecule has 0 aliphatic carbocycles. The van der Waals surface area contributed by atoms with E-state index >= 15 is 0 Å². The Hall–Kier alpha value is -4.63. The van der Waals surface area contributed by atoms with Gasteiger partial charge in [-0.05, 0) is 135 Å². The molecule has 9 nitrogen and oxygen atoms in total. The van der Waals surface area contributed by atoms with Crippen molar-refractivity contribution >= 4 is 19.8 Å². The van der Waals surface area contributed by atoms with Gasteiger partial charge in [-0.2, -0.15) is 0 Å². The fourth-order valence-electron chi connectivity index (χ4n) is 9.97. The van der Waals surface area contributed by atoms with Crippen LogP contribution in [-0.4, -0.2) is 74.9 Å². The topological polar surface area (TPSA) is 108 Å². The van der Waals surface area contributed by atoms with Crippen molar-refractivity contribution in [1.29, 1.82) is 0 Å². The predicted molar refractivity (Wildman–Crippen MR) is 408 cm³/mol. The van der Waals surface area contributed by atoms with Gasteiger partial charge in [-0.3, -0.25) is 18.6 Å². The van der Waals surface area contributed by atoms with E-state index in [1.54, 1.807) is 0 Å². The summed E-state index contributed by atoms with van der Waals surface area (Å²) in [5.41, 5.74) is 0. The highest BCUT2D eigenvalue weighted by Crippen LogP contribution is 2.43. The lowest BCUT2D eigenvalue weighted by molar-refractivity contribution is -0.870. The number of carbonyl (C=O) groups excluding carboxylic acids is 2. The van der Waals surface area contributed by atoms with Gasteiger partial charge in [0, 0.05) is 12.8 Å². The Bertz CT molecular complexity index is 2200. The van der Waals surface area contributed by atoms with Crippen LogP contribution in [0, 0.1) is 0 Å². The summed E-state index contributed by atoms with van der Waals surface area (Å²) in [7, 11) is 1.45. The molecule has 0 fully saturated rings. The zero-order valence-corrected chi connectivity index (χ0v) is 61.8. The summed E-state index contributed by atoms with van der Waals surface area (Å²) in [6, 6.07) is 0. The van der Waals surface area contributed by atoms with Crippen molar-refractivity contribution < 1.29 is 42.1 Å². The molecule has 2 atom stereocenters. The third kappa shape index (κ3) is 76.4. The Kier molecular flexibility index (Phi) is 69.1. The van der Waals surface area contributed by atoms with Crippen LogP contribution in [0.25, 0.3) is 0 Å². The Morgan fingerprint density at radius 3 is 0.904 bits per heavy atom. The molecule has 0 bridgehead atoms. The molecule has 0 aliphatic rings. The molecule has 0 amide bonds. The number of esters is 2. The lowest BCUT2D eigenvalue weighted by Gasteiger charge is -2.24. The fourth-order valence-corrected chi connectivity index (χ4v) is 10.7. The molecule has 0 heterocycles. The van der Waals surface area contributed by atoms with E-state index in [-0.39, 0.29) is 32.0 Å². The number of hydrogen-bond acceptors (Lipinski definition) is 7. The van der Waals surface area contributed by atoms with Gasteiger partial charge < -0.3 is 18.9 Å². The molecule has 94 heavy (non-hydrogen) atoms. The molecule has 534 valence electrons. The van der Waals surface area contributed by atoms with Crippen LogP contribution >= 0.6 is 7.82 Å². The third-order valence-electron chi connectivity index (χ3n) is 15.7. The van der Waals surface area contributed by atoms with E-state index in [1.165, 1.54) is 128 Å². The Balaban J connectivity index is 4.13. The van der Waals surface area contributed by atoms with Gasteiger partial charge in [0.2, 0.25) is 0 Å². The molecule has 2 unspecified atom stereocenters. The largest absolute Gasteiger partial charge is 0.472 e. The first-order valence-corrected chi connectivity index (χ1v) is 39.4. The number of likely N-dealkylation sites (N-methyl/N-ethyl adjacent to an activating group) is 1. The first-order chi connectivity index (χ1) is 46.0. The minimum atomic E-state index is -4.41. The van der Waals surface area contributed by atoms with E-state index in [0.29, 0.717) is 17.4 Å². The van der Waals surface area contributed by atoms with E-state index < -0.39 is 26.5 Å². The third-order valence-corrected chi connectivity index (χ3v) is 16.7. The summed E-state index contributed by atoms with van der Waals surface area (Å²) in [6.45, 7) is 4.29. The molecule has 0 aromatic carbocycles. The maximum absolute atomic E-state index is 12.9. The van der Waals surface area contributed by atoms with Crippen LogP contribution in [-0.2, 0) is 32.7 Å². The van der Waals surface area contributed by atoms with Gasteiger partial charge in [0.25, 0.3) is 0 Å². The fraction of sp³-hybridized carbons (Fsp3) is 0.643. The highest BCUT2D eigenvalue weighted by molar-refractivity contribution is 7.47. The smallest absolute Gasteiger partial charge is 0.462 e. The number of quaternary nitrogens is 1. The summed E-state index contributed by atoms with van der Waals surface area (Å²) in [6.07, 6.45) is 110. The lowest BCUT2D eigenvalue weighted by Crippen LogP contribution is -2.37. The number of rotatable bonds is 68. The van der Waals surface area contributed by atoms with Gasteiger partial charge in [0.15, 0.2) is 6.10 Å². The van der Waals surface area contributed by atoms with E-state index in [0.717, 1.165) is 135 Å². The summed E-state index contributed by atoms with van der Waals surface area (Å²) < 4.78 is 34.7. The van der Waals surface area contributed by atoms with Crippen LogP contribution < -0.4 is 0 Å². The standard InChI is InChI=1S/C84H140NO8P/c1-6-8-10-12-14-16-18-20-22-24-26-28-30-32-34-36-38-39-40-41-42-43-44-45-47-49-51-53-55-57-59-61-63-65-67-69-71-73-75-77-84(87)93-82(81-92-94(88,89)91-79-78-85(3,4)5)80-90-83(86)76-74-72-70-68-66-64-62-60-58-56-54-52-50-48-46-37-35-33-31-29-27-25-23-21-19-17-15-13-11-9-7-2/h8,10,14,16,19-22,25-28,31-34,38-39,41-42,44-45,49,51,55,57,61,63,82H,6-7,9,11-13,15,17-18,23-24,29-30,35-37,40,43,46-48,50,52-54,56,58-60,62,64-81H2,1-5H3/p+1/b10-8-,16-14-,21-19-,22-20-,27-25-,28-26-,33-31-,34-32-,39-38-,42-41-,45-44-,51-49-,57-55-,63-61-. The number of allylic oxidation sites excluding steroid dienone is 28. The average molecular weight is 1320 g/mol. The Morgan fingerprint density at radius 1 is 0.340 bits per heavy atom. The minimum Gasteiger partial charge on any atom is -0.462 e. The van der Waals surface area contributed by atoms with Crippen molar-refractivity contribution in [2.24, 2.45) is 0 Å². The van der Waals surface area contributed by atoms with E-state index in [2.05, 4.69) is 184 Å². The summed E-state index contributed by atoms with van der Waals surface area (Å²) >= 11 is 0. The highest BCUT2D eigenvalue weighted by atomic mass is 31.2. The van der Waals surface area contributed by atoms with Gasteiger partial charge in [0.05, 0.1) is 27.7 Å². The monoisotopic (exact) mass is 1320 g/mol. The molecule has 0 spiro atoms. The van der Waals surface area contributed by atoms with Crippen molar-refractivity contribution in [3.8, 4) is 0 Å². The van der Waals surface area contributed by atoms with Gasteiger partial charge in [0.1, 0.15) is 19.8 Å². The van der Waals surface area contributed by atoms with Crippen molar-refractivity contribution in [3.63, 3.8) is 0 Å². The average Bonchev–Trinajstić information content (AvgIpc) is 1.56. The minimum absolute atomic E-state index is 0.0196. The van der Waals surface area contributed by atoms with Crippen LogP contribution in [0.4, 0.5) is 0 Å². The first-order valence-electron chi connectivity index (χ1n) is 37.9. The number of nitrogens with zero attached hydrogens (tertiary/aromatic N) is 1. The Labute approximate surface area is 578 Å². The molecule has 10 heteroatoms. The molecule has 0 rings (SSSR count). The number of phosphoric acid groups is 1. The van der Waals surface area contributed by atoms with Crippen molar-refractivity contribution in [2.45, 2.75) is 302 Å². The second-order valence-corrected chi connectivity index (χ2v) is 27.4. The van der Waals surface area contributed by atoms with Crippen molar-refractivity contribution in [1.82, 2.24) is 0 Å². The molecular weight excluding hydrogens is 1180 g/mol. The van der Waals surface area contributed by atoms with Crippen LogP contribution in [0.2, 0.25) is 0 Å². The maximum atomic E-state index is 12.9.